The second-order valence-electron chi connectivity index (χ2n) is 6.87. The van der Waals surface area contributed by atoms with Gasteiger partial charge < -0.3 is 21.5 Å². The number of nitrogens with one attached hydrogen (secondary N) is 2. The molecule has 150 valence electrons. The van der Waals surface area contributed by atoms with Crippen LogP contribution in [0.1, 0.15) is 24.0 Å². The highest BCUT2D eigenvalue weighted by molar-refractivity contribution is 5.78. The highest BCUT2D eigenvalue weighted by Gasteiger charge is 2.20. The van der Waals surface area contributed by atoms with E-state index in [2.05, 4.69) is 34.9 Å². The quantitative estimate of drug-likeness (QED) is 0.479. The molecule has 1 atom stereocenters. The van der Waals surface area contributed by atoms with Crippen molar-refractivity contribution in [1.29, 1.82) is 0 Å². The Hall–Kier alpha value is -2.86. The molecule has 1 unspecified atom stereocenters. The minimum atomic E-state index is -1.14. The molecule has 2 amide bonds. The third-order valence-corrected chi connectivity index (χ3v) is 4.75. The average molecular weight is 383 g/mol. The number of rotatable bonds is 11. The summed E-state index contributed by atoms with van der Waals surface area (Å²) in [7, 11) is 0. The lowest BCUT2D eigenvalue weighted by molar-refractivity contribution is -0.125. The van der Waals surface area contributed by atoms with Crippen molar-refractivity contribution in [2.24, 2.45) is 11.7 Å². The van der Waals surface area contributed by atoms with E-state index < -0.39 is 12.1 Å². The van der Waals surface area contributed by atoms with E-state index in [1.165, 1.54) is 11.1 Å². The first-order chi connectivity index (χ1) is 13.6. The van der Waals surface area contributed by atoms with Gasteiger partial charge in [0.15, 0.2) is 0 Å². The number of hydrogen-bond acceptors (Lipinski definition) is 3. The van der Waals surface area contributed by atoms with Crippen molar-refractivity contribution in [3.05, 3.63) is 71.8 Å². The molecule has 2 aromatic carbocycles. The molecule has 0 aliphatic rings. The van der Waals surface area contributed by atoms with E-state index in [1.54, 1.807) is 0 Å². The lowest BCUT2D eigenvalue weighted by Gasteiger charge is -2.20. The van der Waals surface area contributed by atoms with E-state index in [9.17, 15) is 9.59 Å². The van der Waals surface area contributed by atoms with Crippen molar-refractivity contribution >= 4 is 12.0 Å². The molecule has 0 aliphatic carbocycles. The molecule has 2 rings (SSSR count). The molecule has 0 aliphatic heterocycles. The van der Waals surface area contributed by atoms with E-state index >= 15 is 0 Å². The summed E-state index contributed by atoms with van der Waals surface area (Å²) in [5.74, 6) is -0.207. The van der Waals surface area contributed by atoms with Crippen LogP contribution in [0.5, 0.6) is 0 Å². The van der Waals surface area contributed by atoms with Gasteiger partial charge in [0.1, 0.15) is 0 Å². The summed E-state index contributed by atoms with van der Waals surface area (Å²) in [6, 6.07) is 19.7. The van der Waals surface area contributed by atoms with Crippen molar-refractivity contribution in [3.63, 3.8) is 0 Å². The largest absolute Gasteiger partial charge is 0.465 e. The van der Waals surface area contributed by atoms with Crippen LogP contribution in [0.25, 0.3) is 0 Å². The van der Waals surface area contributed by atoms with Gasteiger partial charge in [0.25, 0.3) is 0 Å². The van der Waals surface area contributed by atoms with Crippen LogP contribution in [0.3, 0.4) is 0 Å². The number of benzene rings is 2. The Balaban J connectivity index is 1.94. The van der Waals surface area contributed by atoms with Crippen LogP contribution in [0.4, 0.5) is 4.79 Å². The van der Waals surface area contributed by atoms with E-state index in [4.69, 9.17) is 10.8 Å². The summed E-state index contributed by atoms with van der Waals surface area (Å²) < 4.78 is 0. The summed E-state index contributed by atoms with van der Waals surface area (Å²) in [4.78, 5) is 23.6. The third-order valence-electron chi connectivity index (χ3n) is 4.75. The second-order valence-corrected chi connectivity index (χ2v) is 6.87. The first-order valence-corrected chi connectivity index (χ1v) is 9.63. The highest BCUT2D eigenvalue weighted by atomic mass is 16.4. The zero-order chi connectivity index (χ0) is 20.2. The fraction of sp³-hybridized carbons (Fsp3) is 0.364. The van der Waals surface area contributed by atoms with Gasteiger partial charge in [-0.3, -0.25) is 4.79 Å². The molecule has 6 nitrogen and oxygen atoms in total. The van der Waals surface area contributed by atoms with Gasteiger partial charge in [0.2, 0.25) is 5.91 Å². The lowest BCUT2D eigenvalue weighted by Crippen LogP contribution is -2.48. The van der Waals surface area contributed by atoms with Crippen molar-refractivity contribution in [3.8, 4) is 0 Å². The summed E-state index contributed by atoms with van der Waals surface area (Å²) in [5.41, 5.74) is 7.98. The van der Waals surface area contributed by atoms with E-state index in [0.29, 0.717) is 0 Å². The number of hydrogen-bond donors (Lipinski definition) is 4. The molecule has 28 heavy (non-hydrogen) atoms. The zero-order valence-corrected chi connectivity index (χ0v) is 16.0. The smallest absolute Gasteiger partial charge is 0.404 e. The molecule has 0 bridgehead atoms. The van der Waals surface area contributed by atoms with Crippen LogP contribution in [-0.2, 0) is 17.6 Å². The Labute approximate surface area is 166 Å². The maximum absolute atomic E-state index is 12.8. The lowest BCUT2D eigenvalue weighted by atomic mass is 9.92. The zero-order valence-electron chi connectivity index (χ0n) is 16.0. The molecule has 0 saturated heterocycles. The van der Waals surface area contributed by atoms with Gasteiger partial charge in [-0.1, -0.05) is 60.7 Å². The van der Waals surface area contributed by atoms with E-state index in [0.717, 1.165) is 25.7 Å². The van der Waals surface area contributed by atoms with Crippen LogP contribution in [0, 0.1) is 5.92 Å². The molecule has 2 aromatic rings. The number of nitrogens with two attached hydrogens (primary N) is 1. The third kappa shape index (κ3) is 7.80. The van der Waals surface area contributed by atoms with Crippen LogP contribution < -0.4 is 16.4 Å². The van der Waals surface area contributed by atoms with Crippen molar-refractivity contribution in [2.45, 2.75) is 31.7 Å². The Kier molecular flexibility index (Phi) is 9.01. The van der Waals surface area contributed by atoms with Gasteiger partial charge in [-0.05, 0) is 36.8 Å². The Morgan fingerprint density at radius 1 is 0.893 bits per heavy atom. The maximum atomic E-state index is 12.8. The van der Waals surface area contributed by atoms with Crippen molar-refractivity contribution < 1.29 is 14.7 Å². The molecule has 6 heteroatoms. The SMILES string of the molecule is NCC(CNC(=O)C(CCc1ccccc1)CCc1ccccc1)NC(=O)O. The summed E-state index contributed by atoms with van der Waals surface area (Å²) in [5, 5.41) is 14.0. The van der Waals surface area contributed by atoms with Crippen molar-refractivity contribution in [2.75, 3.05) is 13.1 Å². The number of aryl methyl sites for hydroxylation is 2. The standard InChI is InChI=1S/C22H29N3O3/c23-15-20(25-22(27)28)16-24-21(26)19(13-11-17-7-3-1-4-8-17)14-12-18-9-5-2-6-10-18/h1-10,19-20,25H,11-16,23H2,(H,24,26)(H,27,28). The predicted octanol–water partition coefficient (Wildman–Crippen LogP) is 2.58. The molecule has 0 radical (unpaired) electrons. The van der Waals surface area contributed by atoms with Gasteiger partial charge >= 0.3 is 6.09 Å². The number of carbonyl (C=O) groups is 2. The Bertz CT molecular complexity index is 679. The van der Waals surface area contributed by atoms with Gasteiger partial charge in [0.05, 0.1) is 6.04 Å². The van der Waals surface area contributed by atoms with E-state index in [-0.39, 0.29) is 24.9 Å². The number of amides is 2. The average Bonchev–Trinajstić information content (AvgIpc) is 2.72. The fourth-order valence-corrected chi connectivity index (χ4v) is 3.11. The molecule has 0 saturated carbocycles. The van der Waals surface area contributed by atoms with Gasteiger partial charge in [-0.15, -0.1) is 0 Å². The maximum Gasteiger partial charge on any atom is 0.404 e. The van der Waals surface area contributed by atoms with Crippen LogP contribution in [0.2, 0.25) is 0 Å². The summed E-state index contributed by atoms with van der Waals surface area (Å²) in [6.45, 7) is 0.320. The number of carbonyl (C=O) groups excluding carboxylic acids is 1. The molecule has 0 fully saturated rings. The van der Waals surface area contributed by atoms with Crippen LogP contribution in [0.15, 0.2) is 60.7 Å². The van der Waals surface area contributed by atoms with Gasteiger partial charge in [0, 0.05) is 19.0 Å². The van der Waals surface area contributed by atoms with Gasteiger partial charge in [-0.25, -0.2) is 4.79 Å². The van der Waals surface area contributed by atoms with Crippen LogP contribution >= 0.6 is 0 Å². The molecule has 0 aromatic heterocycles. The molecule has 0 heterocycles. The Morgan fingerprint density at radius 3 is 1.82 bits per heavy atom. The minimum absolute atomic E-state index is 0.0579. The summed E-state index contributed by atoms with van der Waals surface area (Å²) in [6.07, 6.45) is 1.97. The first kappa shape index (κ1) is 21.4. The van der Waals surface area contributed by atoms with Crippen LogP contribution in [-0.4, -0.2) is 36.2 Å². The van der Waals surface area contributed by atoms with Gasteiger partial charge in [-0.2, -0.15) is 0 Å². The first-order valence-electron chi connectivity index (χ1n) is 9.63. The minimum Gasteiger partial charge on any atom is -0.465 e. The number of carboxylic acid groups (broad SMARTS) is 1. The molecule has 5 N–H and O–H groups in total. The van der Waals surface area contributed by atoms with E-state index in [1.807, 2.05) is 36.4 Å². The fourth-order valence-electron chi connectivity index (χ4n) is 3.11. The van der Waals surface area contributed by atoms with Crippen molar-refractivity contribution in [1.82, 2.24) is 10.6 Å². The highest BCUT2D eigenvalue weighted by Crippen LogP contribution is 2.17. The second kappa shape index (κ2) is 11.8. The predicted molar refractivity (Wildman–Crippen MR) is 110 cm³/mol. The summed E-state index contributed by atoms with van der Waals surface area (Å²) >= 11 is 0. The molecule has 0 spiro atoms. The normalized spacial score (nSPS) is 11.8. The topological polar surface area (TPSA) is 104 Å². The monoisotopic (exact) mass is 383 g/mol. The molecular formula is C22H29N3O3. The molecular weight excluding hydrogens is 354 g/mol. The Morgan fingerprint density at radius 2 is 1.39 bits per heavy atom.